The van der Waals surface area contributed by atoms with E-state index in [0.717, 1.165) is 83.7 Å². The molecule has 2 aliphatic rings. The maximum atomic E-state index is 14.0. The van der Waals surface area contributed by atoms with Crippen LogP contribution in [0.25, 0.3) is 33.5 Å². The summed E-state index contributed by atoms with van der Waals surface area (Å²) in [4.78, 5) is 42.5. The van der Waals surface area contributed by atoms with Gasteiger partial charge in [-0.2, -0.15) is 5.10 Å². The number of carbonyl (C=O) groups is 2. The second kappa shape index (κ2) is 14.1. The van der Waals surface area contributed by atoms with Crippen molar-refractivity contribution >= 4 is 34.1 Å². The zero-order chi connectivity index (χ0) is 33.8. The van der Waals surface area contributed by atoms with Crippen LogP contribution in [0.5, 0.6) is 5.75 Å². The van der Waals surface area contributed by atoms with Gasteiger partial charge in [0, 0.05) is 73.0 Å². The molecule has 0 radical (unpaired) electrons. The van der Waals surface area contributed by atoms with Crippen molar-refractivity contribution in [3.63, 3.8) is 0 Å². The maximum Gasteiger partial charge on any atom is 0.236 e. The summed E-state index contributed by atoms with van der Waals surface area (Å²) < 4.78 is 5.41. The maximum absolute atomic E-state index is 14.0. The predicted molar refractivity (Wildman–Crippen MR) is 191 cm³/mol. The lowest BCUT2D eigenvalue weighted by Crippen LogP contribution is -2.51. The Balaban J connectivity index is 0.957. The molecule has 2 aliphatic heterocycles. The van der Waals surface area contributed by atoms with Crippen LogP contribution < -0.4 is 15.0 Å². The number of ether oxygens (including phenoxy) is 1. The molecule has 2 N–H and O–H groups in total. The molecule has 2 amide bonds. The molecule has 3 aromatic carbocycles. The van der Waals surface area contributed by atoms with Crippen LogP contribution >= 0.6 is 0 Å². The minimum absolute atomic E-state index is 0.00790. The van der Waals surface area contributed by atoms with E-state index in [1.165, 1.54) is 0 Å². The molecule has 5 aromatic rings. The number of hydrogen-bond donors (Lipinski definition) is 2. The Morgan fingerprint density at radius 3 is 2.47 bits per heavy atom. The lowest BCUT2D eigenvalue weighted by atomic mass is 9.81. The zero-order valence-electron chi connectivity index (χ0n) is 28.1. The highest BCUT2D eigenvalue weighted by molar-refractivity contribution is 6.00. The highest BCUT2D eigenvalue weighted by Gasteiger charge is 2.44. The summed E-state index contributed by atoms with van der Waals surface area (Å²) in [6.07, 6.45) is 5.87. The van der Waals surface area contributed by atoms with Gasteiger partial charge in [-0.15, -0.1) is 0 Å². The summed E-state index contributed by atoms with van der Waals surface area (Å²) >= 11 is 0. The smallest absolute Gasteiger partial charge is 0.236 e. The van der Waals surface area contributed by atoms with Gasteiger partial charge in [0.25, 0.3) is 0 Å². The van der Waals surface area contributed by atoms with Crippen LogP contribution in [-0.4, -0.2) is 94.7 Å². The van der Waals surface area contributed by atoms with Crippen molar-refractivity contribution in [1.82, 2.24) is 30.0 Å². The number of aromatic nitrogens is 4. The Bertz CT molecular complexity index is 1920. The Morgan fingerprint density at radius 1 is 0.918 bits per heavy atom. The van der Waals surface area contributed by atoms with E-state index < -0.39 is 5.41 Å². The van der Waals surface area contributed by atoms with Gasteiger partial charge in [-0.3, -0.25) is 19.6 Å². The second-order valence-corrected chi connectivity index (χ2v) is 13.0. The Morgan fingerprint density at radius 2 is 1.71 bits per heavy atom. The molecule has 0 aliphatic carbocycles. The predicted octanol–water partition coefficient (Wildman–Crippen LogP) is 5.48. The number of benzene rings is 3. The molecule has 7 rings (SSSR count). The van der Waals surface area contributed by atoms with Crippen molar-refractivity contribution in [2.24, 2.45) is 5.41 Å². The van der Waals surface area contributed by atoms with Crippen molar-refractivity contribution in [3.8, 4) is 28.4 Å². The number of aromatic amines is 1. The molecule has 0 spiro atoms. The fourth-order valence-electron chi connectivity index (χ4n) is 7.20. The molecule has 2 saturated heterocycles. The molecule has 49 heavy (non-hydrogen) atoms. The average molecular weight is 659 g/mol. The zero-order valence-corrected chi connectivity index (χ0v) is 28.1. The molecule has 2 aromatic heterocycles. The Kier molecular flexibility index (Phi) is 9.26. The molecule has 2 fully saturated rings. The molecule has 0 saturated carbocycles. The van der Waals surface area contributed by atoms with Gasteiger partial charge in [-0.05, 0) is 80.1 Å². The van der Waals surface area contributed by atoms with Gasteiger partial charge in [-0.1, -0.05) is 25.5 Å². The number of H-pyrrole nitrogens is 1. The molecular formula is C38H42N8O3. The summed E-state index contributed by atoms with van der Waals surface area (Å²) in [5, 5.41) is 11.8. The van der Waals surface area contributed by atoms with Gasteiger partial charge in [0.15, 0.2) is 5.82 Å². The first kappa shape index (κ1) is 32.3. The molecular weight excluding hydrogens is 616 g/mol. The number of rotatable bonds is 10. The lowest BCUT2D eigenvalue weighted by Gasteiger charge is -2.37. The van der Waals surface area contributed by atoms with E-state index in [2.05, 4.69) is 54.3 Å². The molecule has 1 unspecified atom stereocenters. The van der Waals surface area contributed by atoms with Crippen molar-refractivity contribution in [1.29, 1.82) is 0 Å². The number of piperazine rings is 1. The van der Waals surface area contributed by atoms with Crippen LogP contribution in [0.3, 0.4) is 0 Å². The quantitative estimate of drug-likeness (QED) is 0.203. The first-order valence-electron chi connectivity index (χ1n) is 17.0. The van der Waals surface area contributed by atoms with Crippen molar-refractivity contribution < 1.29 is 14.3 Å². The van der Waals surface area contributed by atoms with Gasteiger partial charge >= 0.3 is 0 Å². The van der Waals surface area contributed by atoms with Gasteiger partial charge in [-0.25, -0.2) is 9.97 Å². The van der Waals surface area contributed by atoms with E-state index in [1.54, 1.807) is 19.5 Å². The van der Waals surface area contributed by atoms with Crippen molar-refractivity contribution in [3.05, 3.63) is 85.2 Å². The molecule has 252 valence electrons. The molecule has 11 heteroatoms. The number of methoxy groups -OCH3 is 1. The molecule has 0 bridgehead atoms. The van der Waals surface area contributed by atoms with Crippen LogP contribution in [0.1, 0.15) is 26.2 Å². The van der Waals surface area contributed by atoms with E-state index in [4.69, 9.17) is 4.74 Å². The monoisotopic (exact) mass is 658 g/mol. The fraction of sp³-hybridized carbons (Fsp3) is 0.342. The third-order valence-electron chi connectivity index (χ3n) is 9.85. The Hall–Kier alpha value is -5.29. The first-order chi connectivity index (χ1) is 23.9. The van der Waals surface area contributed by atoms with E-state index in [9.17, 15) is 9.59 Å². The van der Waals surface area contributed by atoms with Crippen LogP contribution in [0, 0.1) is 5.41 Å². The summed E-state index contributed by atoms with van der Waals surface area (Å²) in [7, 11) is 1.65. The Labute approximate surface area is 286 Å². The van der Waals surface area contributed by atoms with E-state index in [1.807, 2.05) is 65.6 Å². The fourth-order valence-corrected chi connectivity index (χ4v) is 7.20. The third kappa shape index (κ3) is 6.84. The highest BCUT2D eigenvalue weighted by atomic mass is 16.5. The van der Waals surface area contributed by atoms with Crippen LogP contribution in [-0.2, 0) is 9.59 Å². The van der Waals surface area contributed by atoms with Gasteiger partial charge in [0.05, 0.1) is 24.6 Å². The number of amides is 2. The summed E-state index contributed by atoms with van der Waals surface area (Å²) in [5.74, 6) is 1.60. The number of anilines is 2. The highest BCUT2D eigenvalue weighted by Crippen LogP contribution is 2.37. The summed E-state index contributed by atoms with van der Waals surface area (Å²) in [6.45, 7) is 6.62. The second-order valence-electron chi connectivity index (χ2n) is 13.0. The lowest BCUT2D eigenvalue weighted by molar-refractivity contribution is -0.133. The molecule has 1 atom stereocenters. The normalized spacial score (nSPS) is 18.2. The molecule has 4 heterocycles. The topological polar surface area (TPSA) is 120 Å². The van der Waals surface area contributed by atoms with Crippen LogP contribution in [0.15, 0.2) is 85.2 Å². The number of nitrogens with one attached hydrogen (secondary N) is 2. The van der Waals surface area contributed by atoms with Crippen molar-refractivity contribution in [2.45, 2.75) is 26.2 Å². The van der Waals surface area contributed by atoms with Gasteiger partial charge in [0.1, 0.15) is 11.4 Å². The molecule has 11 nitrogen and oxygen atoms in total. The number of likely N-dealkylation sites (tertiary alicyclic amines) is 1. The van der Waals surface area contributed by atoms with Crippen molar-refractivity contribution in [2.75, 3.05) is 63.1 Å². The number of nitrogens with zero attached hydrogens (tertiary/aromatic N) is 6. The SMILES string of the molecule is CCCC1(C(=O)Nc2ccc3[nH]nc(-c4cccc(OC)c4)c3c2)CCN(CC(=O)N2CCN(c3ccc(-c4ncccn4)cc3)CC2)C1. The summed E-state index contributed by atoms with van der Waals surface area (Å²) in [6, 6.07) is 23.7. The van der Waals surface area contributed by atoms with Crippen LogP contribution in [0.4, 0.5) is 11.4 Å². The average Bonchev–Trinajstić information content (AvgIpc) is 3.77. The van der Waals surface area contributed by atoms with E-state index >= 15 is 0 Å². The third-order valence-corrected chi connectivity index (χ3v) is 9.85. The number of fused-ring (bicyclic) bond motifs is 1. The largest absolute Gasteiger partial charge is 0.497 e. The minimum Gasteiger partial charge on any atom is -0.497 e. The summed E-state index contributed by atoms with van der Waals surface area (Å²) in [5.41, 5.74) is 4.92. The van der Waals surface area contributed by atoms with Crippen LogP contribution in [0.2, 0.25) is 0 Å². The number of carbonyl (C=O) groups excluding carboxylic acids is 2. The minimum atomic E-state index is -0.550. The standard InChI is InChI=1S/C38H42N8O3/c1-3-14-38(37(48)41-29-10-13-33-32(24-29)35(43-42-33)28-6-4-7-31(23-28)49-2)15-18-44(26-38)25-34(47)46-21-19-45(20-22-46)30-11-8-27(9-12-30)36-39-16-5-17-40-36/h4-13,16-17,23-24H,3,14-15,18-22,25-26H2,1-2H3,(H,41,48)(H,42,43). The van der Waals surface area contributed by atoms with Gasteiger partial charge in [0.2, 0.25) is 11.8 Å². The number of hydrogen-bond acceptors (Lipinski definition) is 8. The van der Waals surface area contributed by atoms with E-state index in [0.29, 0.717) is 32.0 Å². The van der Waals surface area contributed by atoms with Gasteiger partial charge < -0.3 is 19.9 Å². The van der Waals surface area contributed by atoms with E-state index in [-0.39, 0.29) is 11.8 Å². The first-order valence-corrected chi connectivity index (χ1v) is 17.0.